The summed E-state index contributed by atoms with van der Waals surface area (Å²) in [5.41, 5.74) is 2.04. The van der Waals surface area contributed by atoms with E-state index < -0.39 is 6.10 Å². The highest BCUT2D eigenvalue weighted by Crippen LogP contribution is 2.20. The minimum atomic E-state index is -0.689. The van der Waals surface area contributed by atoms with E-state index in [-0.39, 0.29) is 49.0 Å². The van der Waals surface area contributed by atoms with Gasteiger partial charge in [-0.15, -0.1) is 24.0 Å². The number of ether oxygens (including phenoxy) is 1. The van der Waals surface area contributed by atoms with E-state index in [9.17, 15) is 9.50 Å². The Hall–Kier alpha value is -2.07. The van der Waals surface area contributed by atoms with Crippen LogP contribution in [0.25, 0.3) is 0 Å². The van der Waals surface area contributed by atoms with E-state index in [4.69, 9.17) is 4.74 Å². The van der Waals surface area contributed by atoms with E-state index in [1.165, 1.54) is 6.07 Å². The highest BCUT2D eigenvalue weighted by molar-refractivity contribution is 14.0. The van der Waals surface area contributed by atoms with Gasteiger partial charge in [-0.1, -0.05) is 18.2 Å². The van der Waals surface area contributed by atoms with Crippen LogP contribution in [0.1, 0.15) is 25.3 Å². The van der Waals surface area contributed by atoms with E-state index >= 15 is 0 Å². The third-order valence-electron chi connectivity index (χ3n) is 5.25. The minimum absolute atomic E-state index is 0. The van der Waals surface area contributed by atoms with Gasteiger partial charge in [0.1, 0.15) is 24.3 Å². The maximum Gasteiger partial charge on any atom is 0.191 e. The van der Waals surface area contributed by atoms with Gasteiger partial charge in [-0.2, -0.15) is 0 Å². The van der Waals surface area contributed by atoms with Crippen molar-refractivity contribution < 1.29 is 14.2 Å². The largest absolute Gasteiger partial charge is 0.491 e. The molecule has 0 bridgehead atoms. The van der Waals surface area contributed by atoms with Crippen molar-refractivity contribution in [3.63, 3.8) is 0 Å². The molecule has 2 aromatic rings. The average molecular weight is 556 g/mol. The van der Waals surface area contributed by atoms with Crippen LogP contribution in [0.4, 0.5) is 10.1 Å². The fourth-order valence-electron chi connectivity index (χ4n) is 3.62. The minimum Gasteiger partial charge on any atom is -0.491 e. The van der Waals surface area contributed by atoms with Gasteiger partial charge >= 0.3 is 0 Å². The summed E-state index contributed by atoms with van der Waals surface area (Å²) < 4.78 is 19.1. The number of nitrogens with zero attached hydrogens (tertiary/aromatic N) is 2. The van der Waals surface area contributed by atoms with Crippen molar-refractivity contribution in [1.82, 2.24) is 10.6 Å². The summed E-state index contributed by atoms with van der Waals surface area (Å²) >= 11 is 0. The summed E-state index contributed by atoms with van der Waals surface area (Å²) in [5.74, 6) is 1.24. The summed E-state index contributed by atoms with van der Waals surface area (Å²) in [7, 11) is 0. The van der Waals surface area contributed by atoms with Gasteiger partial charge in [-0.25, -0.2) is 4.39 Å². The predicted octanol–water partition coefficient (Wildman–Crippen LogP) is 3.72. The highest BCUT2D eigenvalue weighted by atomic mass is 127. The Morgan fingerprint density at radius 1 is 1.22 bits per heavy atom. The van der Waals surface area contributed by atoms with E-state index in [2.05, 4.69) is 20.5 Å². The lowest BCUT2D eigenvalue weighted by atomic mass is 10.0. The number of aryl methyl sites for hydroxylation is 1. The van der Waals surface area contributed by atoms with Crippen LogP contribution in [0, 0.1) is 12.7 Å². The molecule has 1 fully saturated rings. The number of aliphatic hydroxyl groups is 1. The number of aliphatic imine (C=N–C) groups is 1. The van der Waals surface area contributed by atoms with Crippen molar-refractivity contribution in [3.05, 3.63) is 59.9 Å². The Morgan fingerprint density at radius 2 is 1.97 bits per heavy atom. The summed E-state index contributed by atoms with van der Waals surface area (Å²) in [5, 5.41) is 17.0. The summed E-state index contributed by atoms with van der Waals surface area (Å²) in [4.78, 5) is 6.73. The number of aliphatic hydroxyl groups excluding tert-OH is 1. The zero-order chi connectivity index (χ0) is 22.1. The summed E-state index contributed by atoms with van der Waals surface area (Å²) in [6, 6.07) is 14.8. The molecule has 6 nitrogen and oxygen atoms in total. The first-order valence-electron chi connectivity index (χ1n) is 11.0. The quantitative estimate of drug-likeness (QED) is 0.263. The topological polar surface area (TPSA) is 69.1 Å². The Bertz CT molecular complexity index is 859. The van der Waals surface area contributed by atoms with Crippen LogP contribution < -0.4 is 20.3 Å². The zero-order valence-electron chi connectivity index (χ0n) is 18.8. The Balaban J connectivity index is 0.00000363. The molecule has 1 heterocycles. The molecule has 0 aliphatic carbocycles. The molecule has 0 spiro atoms. The molecule has 0 radical (unpaired) electrons. The van der Waals surface area contributed by atoms with Crippen molar-refractivity contribution in [2.75, 3.05) is 37.7 Å². The van der Waals surface area contributed by atoms with Gasteiger partial charge in [0.2, 0.25) is 0 Å². The van der Waals surface area contributed by atoms with Crippen molar-refractivity contribution in [3.8, 4) is 5.75 Å². The van der Waals surface area contributed by atoms with Crippen molar-refractivity contribution in [2.45, 2.75) is 38.8 Å². The van der Waals surface area contributed by atoms with Gasteiger partial charge in [-0.3, -0.25) is 4.99 Å². The van der Waals surface area contributed by atoms with Crippen LogP contribution in [0.2, 0.25) is 0 Å². The molecule has 1 unspecified atom stereocenters. The van der Waals surface area contributed by atoms with E-state index in [0.29, 0.717) is 5.96 Å². The zero-order valence-corrected chi connectivity index (χ0v) is 21.1. The molecule has 2 aromatic carbocycles. The van der Waals surface area contributed by atoms with Crippen molar-refractivity contribution in [1.29, 1.82) is 0 Å². The number of rotatable bonds is 8. The molecule has 3 N–H and O–H groups in total. The second kappa shape index (κ2) is 13.5. The van der Waals surface area contributed by atoms with E-state index in [0.717, 1.165) is 49.5 Å². The number of guanidine groups is 1. The third kappa shape index (κ3) is 8.46. The first-order chi connectivity index (χ1) is 15.0. The predicted molar refractivity (Wildman–Crippen MR) is 139 cm³/mol. The van der Waals surface area contributed by atoms with Gasteiger partial charge in [0.05, 0.1) is 6.54 Å². The van der Waals surface area contributed by atoms with Crippen LogP contribution in [-0.2, 0) is 0 Å². The maximum atomic E-state index is 13.5. The number of hydrogen-bond donors (Lipinski definition) is 3. The van der Waals surface area contributed by atoms with Crippen molar-refractivity contribution in [2.24, 2.45) is 4.99 Å². The number of benzene rings is 2. The van der Waals surface area contributed by atoms with Crippen LogP contribution in [0.3, 0.4) is 0 Å². The van der Waals surface area contributed by atoms with E-state index in [1.54, 1.807) is 12.1 Å². The molecule has 0 amide bonds. The standard InChI is InChI=1S/C24H33FN4O2.HI/c1-3-26-24(27-16-22(30)17-31-23-9-4-6-18(2)14-23)28-20-10-12-29(13-11-20)21-8-5-7-19(25)15-21;/h4-9,14-15,20,22,30H,3,10-13,16-17H2,1-2H3,(H2,26,27,28);1H. The number of halogens is 2. The SMILES string of the molecule is CCNC(=NCC(O)COc1cccc(C)c1)NC1CCN(c2cccc(F)c2)CC1.I. The molecule has 176 valence electrons. The lowest BCUT2D eigenvalue weighted by molar-refractivity contribution is 0.114. The average Bonchev–Trinajstić information content (AvgIpc) is 2.77. The molecular weight excluding hydrogens is 522 g/mol. The normalized spacial score (nSPS) is 15.6. The van der Waals surface area contributed by atoms with Crippen LogP contribution in [-0.4, -0.2) is 56.0 Å². The molecule has 1 aliphatic rings. The molecular formula is C24H34FIN4O2. The van der Waals surface area contributed by atoms with Gasteiger partial charge < -0.3 is 25.4 Å². The first-order valence-corrected chi connectivity index (χ1v) is 11.0. The fourth-order valence-corrected chi connectivity index (χ4v) is 3.62. The Kier molecular flexibility index (Phi) is 11.0. The number of nitrogens with one attached hydrogen (secondary N) is 2. The van der Waals surface area contributed by atoms with Gasteiger partial charge in [0.15, 0.2) is 5.96 Å². The number of anilines is 1. The number of hydrogen-bond acceptors (Lipinski definition) is 4. The third-order valence-corrected chi connectivity index (χ3v) is 5.25. The van der Waals surface area contributed by atoms with Crippen LogP contribution >= 0.6 is 24.0 Å². The van der Waals surface area contributed by atoms with Crippen LogP contribution in [0.15, 0.2) is 53.5 Å². The molecule has 0 saturated carbocycles. The molecule has 0 aromatic heterocycles. The second-order valence-corrected chi connectivity index (χ2v) is 7.89. The van der Waals surface area contributed by atoms with Crippen LogP contribution in [0.5, 0.6) is 5.75 Å². The summed E-state index contributed by atoms with van der Waals surface area (Å²) in [6.07, 6.45) is 1.17. The first kappa shape index (κ1) is 26.2. The maximum absolute atomic E-state index is 13.5. The lowest BCUT2D eigenvalue weighted by Gasteiger charge is -2.34. The Labute approximate surface area is 207 Å². The lowest BCUT2D eigenvalue weighted by Crippen LogP contribution is -2.49. The highest BCUT2D eigenvalue weighted by Gasteiger charge is 2.20. The van der Waals surface area contributed by atoms with E-state index in [1.807, 2.05) is 44.2 Å². The molecule has 1 atom stereocenters. The van der Waals surface area contributed by atoms with Gasteiger partial charge in [-0.05, 0) is 62.6 Å². The fraction of sp³-hybridized carbons (Fsp3) is 0.458. The Morgan fingerprint density at radius 3 is 2.66 bits per heavy atom. The molecule has 8 heteroatoms. The van der Waals surface area contributed by atoms with Crippen molar-refractivity contribution >= 4 is 35.6 Å². The molecule has 1 saturated heterocycles. The second-order valence-electron chi connectivity index (χ2n) is 7.89. The summed E-state index contributed by atoms with van der Waals surface area (Å²) in [6.45, 7) is 6.91. The number of piperidine rings is 1. The van der Waals surface area contributed by atoms with Gasteiger partial charge in [0.25, 0.3) is 0 Å². The molecule has 1 aliphatic heterocycles. The monoisotopic (exact) mass is 556 g/mol. The molecule has 32 heavy (non-hydrogen) atoms. The molecule has 3 rings (SSSR count). The van der Waals surface area contributed by atoms with Gasteiger partial charge in [0, 0.05) is 31.4 Å². The smallest absolute Gasteiger partial charge is 0.191 e.